The Kier molecular flexibility index (Phi) is 5.30. The van der Waals surface area contributed by atoms with Crippen molar-refractivity contribution in [1.29, 1.82) is 0 Å². The average Bonchev–Trinajstić information content (AvgIpc) is 3.23. The summed E-state index contributed by atoms with van der Waals surface area (Å²) in [6.45, 7) is 0. The summed E-state index contributed by atoms with van der Waals surface area (Å²) in [5.41, 5.74) is 4.11. The van der Waals surface area contributed by atoms with Crippen LogP contribution in [0.5, 0.6) is 0 Å². The van der Waals surface area contributed by atoms with E-state index in [1.54, 1.807) is 42.6 Å². The van der Waals surface area contributed by atoms with Crippen LogP contribution in [0, 0.1) is 0 Å². The molecule has 1 aliphatic rings. The molecule has 0 aliphatic heterocycles. The van der Waals surface area contributed by atoms with Crippen molar-refractivity contribution in [2.75, 3.05) is 0 Å². The molecule has 0 fully saturated rings. The number of fused-ring (bicyclic) bond motifs is 3. The molecule has 1 aliphatic carbocycles. The van der Waals surface area contributed by atoms with Crippen LogP contribution in [-0.4, -0.2) is 25.1 Å². The highest BCUT2D eigenvalue weighted by atomic mass is 19.3. The summed E-state index contributed by atoms with van der Waals surface area (Å²) in [6.07, 6.45) is 1.55. The molecule has 6 aromatic rings. The van der Waals surface area contributed by atoms with Crippen molar-refractivity contribution in [3.63, 3.8) is 0 Å². The maximum atomic E-state index is 15.9. The van der Waals surface area contributed by atoms with Gasteiger partial charge in [0.1, 0.15) is 0 Å². The second kappa shape index (κ2) is 8.99. The number of rotatable bonds is 4. The van der Waals surface area contributed by atoms with Crippen LogP contribution in [0.2, 0.25) is 0 Å². The Balaban J connectivity index is 1.36. The van der Waals surface area contributed by atoms with Gasteiger partial charge in [-0.1, -0.05) is 84.9 Å². The smallest absolute Gasteiger partial charge is 0.208 e. The third kappa shape index (κ3) is 3.95. The Morgan fingerprint density at radius 2 is 1.00 bits per heavy atom. The maximum Gasteiger partial charge on any atom is 0.299 e. The van der Waals surface area contributed by atoms with Crippen LogP contribution in [0.4, 0.5) is 8.78 Å². The van der Waals surface area contributed by atoms with Gasteiger partial charge in [0.25, 0.3) is 5.92 Å². The van der Waals surface area contributed by atoms with E-state index in [1.165, 1.54) is 12.1 Å². The Hall–Kier alpha value is -5.17. The highest BCUT2D eigenvalue weighted by Crippen LogP contribution is 2.52. The van der Waals surface area contributed by atoms with Gasteiger partial charge >= 0.3 is 0 Å². The lowest BCUT2D eigenvalue weighted by atomic mass is 10.0. The van der Waals surface area contributed by atoms with E-state index in [0.717, 1.165) is 11.1 Å². The SMILES string of the molecule is FC1(F)c2cc(-c3cccnn3)ccc2-c2ccc(-c3nc(-c4ccccc4)nc(-c4ccccc4)n3)cc21. The van der Waals surface area contributed by atoms with Gasteiger partial charge in [-0.15, -0.1) is 0 Å². The first-order valence-electron chi connectivity index (χ1n) is 12.4. The van der Waals surface area contributed by atoms with Crippen molar-refractivity contribution in [1.82, 2.24) is 25.1 Å². The van der Waals surface area contributed by atoms with E-state index in [4.69, 9.17) is 15.0 Å². The fraction of sp³-hybridized carbons (Fsp3) is 0.0312. The monoisotopic (exact) mass is 511 g/mol. The molecule has 0 spiro atoms. The van der Waals surface area contributed by atoms with Crippen LogP contribution in [0.15, 0.2) is 115 Å². The molecule has 2 heterocycles. The van der Waals surface area contributed by atoms with Crippen molar-refractivity contribution in [2.45, 2.75) is 5.92 Å². The first kappa shape index (κ1) is 23.0. The lowest BCUT2D eigenvalue weighted by Gasteiger charge is -2.14. The normalized spacial score (nSPS) is 13.1. The quantitative estimate of drug-likeness (QED) is 0.246. The van der Waals surface area contributed by atoms with Crippen LogP contribution < -0.4 is 0 Å². The summed E-state index contributed by atoms with van der Waals surface area (Å²) in [6, 6.07) is 32.6. The molecule has 39 heavy (non-hydrogen) atoms. The summed E-state index contributed by atoms with van der Waals surface area (Å²) >= 11 is 0. The summed E-state index contributed by atoms with van der Waals surface area (Å²) in [7, 11) is 0. The average molecular weight is 512 g/mol. The van der Waals surface area contributed by atoms with Crippen molar-refractivity contribution in [3.05, 3.63) is 127 Å². The van der Waals surface area contributed by atoms with Crippen molar-refractivity contribution >= 4 is 0 Å². The summed E-state index contributed by atoms with van der Waals surface area (Å²) < 4.78 is 31.8. The summed E-state index contributed by atoms with van der Waals surface area (Å²) in [5.74, 6) is -1.92. The van der Waals surface area contributed by atoms with Crippen molar-refractivity contribution in [3.8, 4) is 56.5 Å². The van der Waals surface area contributed by atoms with Crippen LogP contribution in [0.25, 0.3) is 56.5 Å². The van der Waals surface area contributed by atoms with Gasteiger partial charge in [-0.05, 0) is 35.4 Å². The lowest BCUT2D eigenvalue weighted by Crippen LogP contribution is -2.11. The van der Waals surface area contributed by atoms with E-state index >= 15 is 8.78 Å². The van der Waals surface area contributed by atoms with Gasteiger partial charge in [-0.2, -0.15) is 19.0 Å². The Bertz CT molecular complexity index is 1770. The number of halogens is 2. The van der Waals surface area contributed by atoms with Crippen LogP contribution in [0.1, 0.15) is 11.1 Å². The zero-order valence-corrected chi connectivity index (χ0v) is 20.5. The van der Waals surface area contributed by atoms with E-state index in [-0.39, 0.29) is 11.1 Å². The molecular formula is C32H19F2N5. The molecule has 186 valence electrons. The molecule has 0 unspecified atom stereocenters. The minimum atomic E-state index is -3.20. The number of hydrogen-bond acceptors (Lipinski definition) is 5. The molecule has 0 N–H and O–H groups in total. The zero-order chi connectivity index (χ0) is 26.4. The highest BCUT2D eigenvalue weighted by molar-refractivity contribution is 5.84. The lowest BCUT2D eigenvalue weighted by molar-refractivity contribution is 0.0481. The van der Waals surface area contributed by atoms with Gasteiger partial charge < -0.3 is 0 Å². The number of alkyl halides is 2. The van der Waals surface area contributed by atoms with Gasteiger partial charge in [0.05, 0.1) is 5.69 Å². The third-order valence-electron chi connectivity index (χ3n) is 6.83. The van der Waals surface area contributed by atoms with E-state index in [2.05, 4.69) is 10.2 Å². The first-order valence-corrected chi connectivity index (χ1v) is 12.4. The number of aromatic nitrogens is 5. The number of benzene rings is 4. The number of hydrogen-bond donors (Lipinski definition) is 0. The largest absolute Gasteiger partial charge is 0.299 e. The van der Waals surface area contributed by atoms with E-state index in [0.29, 0.717) is 45.4 Å². The zero-order valence-electron chi connectivity index (χ0n) is 20.5. The topological polar surface area (TPSA) is 64.5 Å². The fourth-order valence-electron chi connectivity index (χ4n) is 4.91. The number of nitrogens with zero attached hydrogens (tertiary/aromatic N) is 5. The second-order valence-corrected chi connectivity index (χ2v) is 9.24. The summed E-state index contributed by atoms with van der Waals surface area (Å²) in [5, 5.41) is 7.95. The molecule has 0 saturated heterocycles. The third-order valence-corrected chi connectivity index (χ3v) is 6.83. The van der Waals surface area contributed by atoms with Gasteiger partial charge in [0.2, 0.25) is 0 Å². The molecule has 0 bridgehead atoms. The minimum absolute atomic E-state index is 0.0524. The molecule has 0 radical (unpaired) electrons. The predicted octanol–water partition coefficient (Wildman–Crippen LogP) is 7.45. The van der Waals surface area contributed by atoms with E-state index in [1.807, 2.05) is 60.7 Å². The predicted molar refractivity (Wildman–Crippen MR) is 146 cm³/mol. The van der Waals surface area contributed by atoms with Crippen LogP contribution >= 0.6 is 0 Å². The minimum Gasteiger partial charge on any atom is -0.208 e. The Morgan fingerprint density at radius 1 is 0.487 bits per heavy atom. The van der Waals surface area contributed by atoms with Gasteiger partial charge in [-0.25, -0.2) is 15.0 Å². The van der Waals surface area contributed by atoms with E-state index in [9.17, 15) is 0 Å². The highest BCUT2D eigenvalue weighted by Gasteiger charge is 2.44. The molecular weight excluding hydrogens is 492 g/mol. The van der Waals surface area contributed by atoms with Crippen molar-refractivity contribution < 1.29 is 8.78 Å². The van der Waals surface area contributed by atoms with Gasteiger partial charge in [0.15, 0.2) is 17.5 Å². The van der Waals surface area contributed by atoms with Crippen molar-refractivity contribution in [2.24, 2.45) is 0 Å². The second-order valence-electron chi connectivity index (χ2n) is 9.24. The maximum absolute atomic E-state index is 15.9. The standard InChI is InChI=1S/C32H19F2N5/c33-32(34)26-18-22(28-12-7-17-35-39-28)13-15-24(26)25-16-14-23(19-27(25)32)31-37-29(20-8-3-1-4-9-20)36-30(38-31)21-10-5-2-6-11-21/h1-19H. The molecule has 4 aromatic carbocycles. The summed E-state index contributed by atoms with van der Waals surface area (Å²) in [4.78, 5) is 14.1. The van der Waals surface area contributed by atoms with Gasteiger partial charge in [-0.3, -0.25) is 0 Å². The first-order chi connectivity index (χ1) is 19.1. The molecule has 0 saturated carbocycles. The molecule has 7 rings (SSSR count). The molecule has 7 heteroatoms. The fourth-order valence-corrected chi connectivity index (χ4v) is 4.91. The van der Waals surface area contributed by atoms with Crippen LogP contribution in [-0.2, 0) is 5.92 Å². The molecule has 0 amide bonds. The van der Waals surface area contributed by atoms with Crippen LogP contribution in [0.3, 0.4) is 0 Å². The molecule has 2 aromatic heterocycles. The molecule has 5 nitrogen and oxygen atoms in total. The Labute approximate surface area is 222 Å². The van der Waals surface area contributed by atoms with E-state index < -0.39 is 5.92 Å². The van der Waals surface area contributed by atoms with Gasteiger partial charge in [0, 0.05) is 39.6 Å². The molecule has 0 atom stereocenters. The Morgan fingerprint density at radius 3 is 1.54 bits per heavy atom.